The van der Waals surface area contributed by atoms with Gasteiger partial charge in [-0.2, -0.15) is 0 Å². The molecule has 1 atom stereocenters. The molecule has 1 heterocycles. The lowest BCUT2D eigenvalue weighted by Gasteiger charge is -2.12. The fourth-order valence-electron chi connectivity index (χ4n) is 1.77. The van der Waals surface area contributed by atoms with Crippen molar-refractivity contribution in [3.05, 3.63) is 47.7 Å². The van der Waals surface area contributed by atoms with Gasteiger partial charge in [0, 0.05) is 23.0 Å². The number of alkyl halides is 1. The predicted octanol–water partition coefficient (Wildman–Crippen LogP) is 3.31. The second-order valence-corrected chi connectivity index (χ2v) is 5.22. The summed E-state index contributed by atoms with van der Waals surface area (Å²) in [5.41, 5.74) is 1.75. The van der Waals surface area contributed by atoms with Crippen LogP contribution < -0.4 is 9.47 Å². The van der Waals surface area contributed by atoms with Gasteiger partial charge in [-0.3, -0.25) is 0 Å². The molecule has 20 heavy (non-hydrogen) atoms. The van der Waals surface area contributed by atoms with Crippen LogP contribution in [0.4, 0.5) is 4.39 Å². The summed E-state index contributed by atoms with van der Waals surface area (Å²) in [6.07, 6.45) is 2.09. The molecule has 0 N–H and O–H groups in total. The van der Waals surface area contributed by atoms with Crippen LogP contribution in [0.2, 0.25) is 0 Å². The highest BCUT2D eigenvalue weighted by molar-refractivity contribution is 9.09. The van der Waals surface area contributed by atoms with Crippen LogP contribution in [0.1, 0.15) is 16.1 Å². The molecule has 0 fully saturated rings. The van der Waals surface area contributed by atoms with E-state index in [1.807, 2.05) is 0 Å². The summed E-state index contributed by atoms with van der Waals surface area (Å²) in [6.45, 7) is 0. The van der Waals surface area contributed by atoms with Crippen molar-refractivity contribution in [2.45, 2.75) is 11.2 Å². The number of hydrogen-bond donors (Lipinski definition) is 0. The SMILES string of the molecule is COc1cc(CC(Br)c2ccc(F)c(OC)c2)ncn1. The predicted molar refractivity (Wildman–Crippen MR) is 76.9 cm³/mol. The van der Waals surface area contributed by atoms with Crippen LogP contribution in [0.5, 0.6) is 11.6 Å². The van der Waals surface area contributed by atoms with Crippen molar-refractivity contribution in [1.82, 2.24) is 9.97 Å². The third kappa shape index (κ3) is 3.45. The van der Waals surface area contributed by atoms with E-state index in [1.165, 1.54) is 19.5 Å². The molecule has 0 aliphatic carbocycles. The van der Waals surface area contributed by atoms with Gasteiger partial charge in [0.25, 0.3) is 0 Å². The Hall–Kier alpha value is -1.69. The molecule has 0 saturated heterocycles. The molecule has 0 bridgehead atoms. The Morgan fingerprint density at radius 2 is 2.00 bits per heavy atom. The zero-order valence-corrected chi connectivity index (χ0v) is 12.7. The van der Waals surface area contributed by atoms with Crippen LogP contribution >= 0.6 is 15.9 Å². The van der Waals surface area contributed by atoms with Gasteiger partial charge in [-0.25, -0.2) is 14.4 Å². The topological polar surface area (TPSA) is 44.2 Å². The van der Waals surface area contributed by atoms with Crippen molar-refractivity contribution >= 4 is 15.9 Å². The molecule has 0 amide bonds. The number of halogens is 2. The minimum atomic E-state index is -0.375. The second kappa shape index (κ2) is 6.65. The van der Waals surface area contributed by atoms with Crippen molar-refractivity contribution in [1.29, 1.82) is 0 Å². The van der Waals surface area contributed by atoms with Gasteiger partial charge in [-0.05, 0) is 17.7 Å². The number of benzene rings is 1. The average molecular weight is 341 g/mol. The molecule has 0 radical (unpaired) electrons. The lowest BCUT2D eigenvalue weighted by Crippen LogP contribution is -2.00. The van der Waals surface area contributed by atoms with E-state index in [0.717, 1.165) is 11.3 Å². The van der Waals surface area contributed by atoms with E-state index in [0.29, 0.717) is 12.3 Å². The Morgan fingerprint density at radius 1 is 1.20 bits per heavy atom. The molecule has 6 heteroatoms. The molecule has 2 rings (SSSR count). The van der Waals surface area contributed by atoms with Crippen LogP contribution in [0.25, 0.3) is 0 Å². The quantitative estimate of drug-likeness (QED) is 0.783. The third-order valence-electron chi connectivity index (χ3n) is 2.83. The molecule has 0 aliphatic heterocycles. The number of hydrogen-bond acceptors (Lipinski definition) is 4. The lowest BCUT2D eigenvalue weighted by atomic mass is 10.1. The van der Waals surface area contributed by atoms with E-state index in [9.17, 15) is 4.39 Å². The molecule has 1 aromatic carbocycles. The standard InChI is InChI=1S/C14H14BrFN2O2/c1-19-13-5-9(3-4-12(13)16)11(15)6-10-7-14(20-2)18-8-17-10/h3-5,7-8,11H,6H2,1-2H3. The number of rotatable bonds is 5. The van der Waals surface area contributed by atoms with Crippen LogP contribution in [0, 0.1) is 5.82 Å². The summed E-state index contributed by atoms with van der Waals surface area (Å²) in [5, 5.41) is 0. The zero-order valence-electron chi connectivity index (χ0n) is 11.1. The molecular weight excluding hydrogens is 327 g/mol. The van der Waals surface area contributed by atoms with Crippen molar-refractivity contribution in [3.63, 3.8) is 0 Å². The first-order chi connectivity index (χ1) is 9.63. The van der Waals surface area contributed by atoms with Crippen molar-refractivity contribution in [2.75, 3.05) is 14.2 Å². The summed E-state index contributed by atoms with van der Waals surface area (Å²) >= 11 is 3.58. The van der Waals surface area contributed by atoms with Gasteiger partial charge in [0.05, 0.1) is 14.2 Å². The van der Waals surface area contributed by atoms with E-state index in [1.54, 1.807) is 25.3 Å². The highest BCUT2D eigenvalue weighted by Crippen LogP contribution is 2.30. The molecule has 0 aliphatic rings. The van der Waals surface area contributed by atoms with E-state index >= 15 is 0 Å². The summed E-state index contributed by atoms with van der Waals surface area (Å²) in [5.74, 6) is 0.373. The fourth-order valence-corrected chi connectivity index (χ4v) is 2.39. The molecule has 0 spiro atoms. The Bertz CT molecular complexity index is 595. The maximum Gasteiger partial charge on any atom is 0.216 e. The highest BCUT2D eigenvalue weighted by atomic mass is 79.9. The highest BCUT2D eigenvalue weighted by Gasteiger charge is 2.13. The minimum Gasteiger partial charge on any atom is -0.494 e. The van der Waals surface area contributed by atoms with Gasteiger partial charge in [-0.15, -0.1) is 0 Å². The van der Waals surface area contributed by atoms with E-state index in [2.05, 4.69) is 25.9 Å². The van der Waals surface area contributed by atoms with Crippen molar-refractivity contribution in [3.8, 4) is 11.6 Å². The first-order valence-corrected chi connectivity index (χ1v) is 6.88. The molecule has 2 aromatic rings. The monoisotopic (exact) mass is 340 g/mol. The van der Waals surface area contributed by atoms with Gasteiger partial charge < -0.3 is 9.47 Å². The summed E-state index contributed by atoms with van der Waals surface area (Å²) in [6, 6.07) is 6.56. The van der Waals surface area contributed by atoms with Gasteiger partial charge in [-0.1, -0.05) is 22.0 Å². The fraction of sp³-hybridized carbons (Fsp3) is 0.286. The van der Waals surface area contributed by atoms with E-state index in [-0.39, 0.29) is 16.4 Å². The number of ether oxygens (including phenoxy) is 2. The van der Waals surface area contributed by atoms with E-state index in [4.69, 9.17) is 9.47 Å². The van der Waals surface area contributed by atoms with Gasteiger partial charge in [0.2, 0.25) is 5.88 Å². The molecular formula is C14H14BrFN2O2. The van der Waals surface area contributed by atoms with Crippen molar-refractivity contribution < 1.29 is 13.9 Å². The molecule has 0 saturated carbocycles. The van der Waals surface area contributed by atoms with Gasteiger partial charge in [0.1, 0.15) is 6.33 Å². The van der Waals surface area contributed by atoms with Crippen molar-refractivity contribution in [2.24, 2.45) is 0 Å². The lowest BCUT2D eigenvalue weighted by molar-refractivity contribution is 0.386. The number of aromatic nitrogens is 2. The first-order valence-electron chi connectivity index (χ1n) is 5.96. The summed E-state index contributed by atoms with van der Waals surface area (Å²) in [4.78, 5) is 8.14. The minimum absolute atomic E-state index is 0.00314. The Morgan fingerprint density at radius 3 is 2.70 bits per heavy atom. The summed E-state index contributed by atoms with van der Waals surface area (Å²) in [7, 11) is 3.00. The molecule has 1 aromatic heterocycles. The maximum atomic E-state index is 13.4. The smallest absolute Gasteiger partial charge is 0.216 e. The van der Waals surface area contributed by atoms with Crippen LogP contribution in [0.15, 0.2) is 30.6 Å². The van der Waals surface area contributed by atoms with E-state index < -0.39 is 0 Å². The Balaban J connectivity index is 2.16. The maximum absolute atomic E-state index is 13.4. The largest absolute Gasteiger partial charge is 0.494 e. The first kappa shape index (κ1) is 14.7. The Labute approximate surface area is 125 Å². The Kier molecular flexibility index (Phi) is 4.89. The van der Waals surface area contributed by atoms with Crippen LogP contribution in [0.3, 0.4) is 0 Å². The second-order valence-electron chi connectivity index (χ2n) is 4.12. The van der Waals surface area contributed by atoms with Crippen LogP contribution in [-0.4, -0.2) is 24.2 Å². The van der Waals surface area contributed by atoms with Gasteiger partial charge >= 0.3 is 0 Å². The molecule has 4 nitrogen and oxygen atoms in total. The number of nitrogens with zero attached hydrogens (tertiary/aromatic N) is 2. The third-order valence-corrected chi connectivity index (χ3v) is 3.69. The van der Waals surface area contributed by atoms with Crippen LogP contribution in [-0.2, 0) is 6.42 Å². The summed E-state index contributed by atoms with van der Waals surface area (Å²) < 4.78 is 23.4. The van der Waals surface area contributed by atoms with Gasteiger partial charge in [0.15, 0.2) is 11.6 Å². The average Bonchev–Trinajstić information content (AvgIpc) is 2.47. The molecule has 106 valence electrons. The zero-order chi connectivity index (χ0) is 14.5. The number of methoxy groups -OCH3 is 2. The normalized spacial score (nSPS) is 12.0. The molecule has 1 unspecified atom stereocenters.